The van der Waals surface area contributed by atoms with Crippen molar-refractivity contribution >= 4 is 21.5 Å². The first-order chi connectivity index (χ1) is 16.9. The lowest BCUT2D eigenvalue weighted by Gasteiger charge is -2.18. The minimum Gasteiger partial charge on any atom is -0.508 e. The number of phenols is 4. The molecule has 0 bridgehead atoms. The van der Waals surface area contributed by atoms with Crippen molar-refractivity contribution in [2.75, 3.05) is 6.61 Å². The Morgan fingerprint density at radius 3 is 1.06 bits per heavy atom. The van der Waals surface area contributed by atoms with Gasteiger partial charge in [-0.05, 0) is 74.5 Å². The Bertz CT molecular complexity index is 1280. The second-order valence-electron chi connectivity index (χ2n) is 8.39. The van der Waals surface area contributed by atoms with Crippen molar-refractivity contribution < 1.29 is 25.5 Å². The van der Waals surface area contributed by atoms with Crippen LogP contribution in [-0.4, -0.2) is 32.1 Å². The van der Waals surface area contributed by atoms with Gasteiger partial charge >= 0.3 is 0 Å². The summed E-state index contributed by atoms with van der Waals surface area (Å²) < 4.78 is 0. The molecule has 0 aromatic heterocycles. The van der Waals surface area contributed by atoms with Gasteiger partial charge in [-0.2, -0.15) is 0 Å². The van der Waals surface area contributed by atoms with Crippen LogP contribution in [0.2, 0.25) is 0 Å². The highest BCUT2D eigenvalue weighted by molar-refractivity contribution is 6.21. The van der Waals surface area contributed by atoms with Gasteiger partial charge < -0.3 is 25.5 Å². The summed E-state index contributed by atoms with van der Waals surface area (Å²) in [6.45, 7) is 2.40. The zero-order valence-electron chi connectivity index (χ0n) is 19.4. The zero-order chi connectivity index (χ0) is 24.9. The first kappa shape index (κ1) is 23.9. The number of aliphatic hydroxyl groups excluding tert-OH is 1. The van der Waals surface area contributed by atoms with Crippen molar-refractivity contribution in [2.24, 2.45) is 0 Å². The monoisotopic (exact) mass is 468 g/mol. The number of hydrogen-bond donors (Lipinski definition) is 5. The van der Waals surface area contributed by atoms with Crippen molar-refractivity contribution in [3.63, 3.8) is 0 Å². The summed E-state index contributed by atoms with van der Waals surface area (Å²) in [6, 6.07) is 24.8. The van der Waals surface area contributed by atoms with Crippen molar-refractivity contribution in [2.45, 2.75) is 19.8 Å². The molecule has 0 heterocycles. The second kappa shape index (κ2) is 10.4. The summed E-state index contributed by atoms with van der Waals surface area (Å²) in [7, 11) is 0. The first-order valence-corrected chi connectivity index (χ1v) is 11.5. The molecule has 5 rings (SSSR count). The molecule has 178 valence electrons. The van der Waals surface area contributed by atoms with Gasteiger partial charge in [0, 0.05) is 18.7 Å². The van der Waals surface area contributed by atoms with Crippen molar-refractivity contribution in [1.29, 1.82) is 0 Å². The van der Waals surface area contributed by atoms with Crippen LogP contribution in [-0.2, 0) is 0 Å². The Morgan fingerprint density at radius 2 is 0.829 bits per heavy atom. The molecule has 5 aromatic rings. The quantitative estimate of drug-likeness (QED) is 0.184. The van der Waals surface area contributed by atoms with Crippen molar-refractivity contribution in [1.82, 2.24) is 0 Å². The molecular formula is C30H28O5. The van der Waals surface area contributed by atoms with Gasteiger partial charge in [0.1, 0.15) is 23.0 Å². The van der Waals surface area contributed by atoms with Gasteiger partial charge in [0.2, 0.25) is 0 Å². The molecule has 35 heavy (non-hydrogen) atoms. The number of fused-ring (bicyclic) bond motifs is 2. The smallest absolute Gasteiger partial charge is 0.119 e. The minimum absolute atomic E-state index is 0.0138. The number of phenolic OH excluding ortho intramolecular Hbond substituents is 4. The van der Waals surface area contributed by atoms with E-state index in [1.165, 1.54) is 12.1 Å². The number of hydrogen-bond acceptors (Lipinski definition) is 5. The maximum Gasteiger partial charge on any atom is 0.119 e. The Hall–Kier alpha value is -4.22. The van der Waals surface area contributed by atoms with E-state index in [1.807, 2.05) is 48.5 Å². The SMILES string of the molecule is CCCCO.Oc1cc(O)cc(-c2c3ccccc3c(-c3cc(O)cc(O)c3)c3ccccc23)c1. The molecule has 0 spiro atoms. The lowest BCUT2D eigenvalue weighted by molar-refractivity contribution is 0.287. The van der Waals surface area contributed by atoms with Crippen LogP contribution < -0.4 is 0 Å². The predicted octanol–water partition coefficient (Wildman–Crippen LogP) is 6.93. The van der Waals surface area contributed by atoms with Gasteiger partial charge in [-0.1, -0.05) is 61.9 Å². The van der Waals surface area contributed by atoms with Crippen LogP contribution >= 0.6 is 0 Å². The lowest BCUT2D eigenvalue weighted by atomic mass is 9.86. The molecule has 5 aromatic carbocycles. The Balaban J connectivity index is 0.000000527. The number of rotatable bonds is 4. The minimum atomic E-state index is -0.0138. The highest BCUT2D eigenvalue weighted by Gasteiger charge is 2.17. The Kier molecular flexibility index (Phi) is 7.09. The van der Waals surface area contributed by atoms with Crippen molar-refractivity contribution in [3.05, 3.63) is 84.9 Å². The summed E-state index contributed by atoms with van der Waals surface area (Å²) in [6.07, 6.45) is 2.04. The number of benzene rings is 5. The standard InChI is InChI=1S/C26H18O4.C4H10O/c27-17-9-15(10-18(28)13-17)25-21-5-1-2-6-22(21)26(24-8-4-3-7-23(24)25)16-11-19(29)14-20(30)12-16;1-2-3-4-5/h1-14,27-30H;5H,2-4H2,1H3. The van der Waals surface area contributed by atoms with Gasteiger partial charge in [-0.3, -0.25) is 0 Å². The summed E-state index contributed by atoms with van der Waals surface area (Å²) >= 11 is 0. The van der Waals surface area contributed by atoms with Gasteiger partial charge in [-0.15, -0.1) is 0 Å². The molecule has 0 saturated carbocycles. The number of unbranched alkanes of at least 4 members (excludes halogenated alkanes) is 1. The normalized spacial score (nSPS) is 10.8. The third-order valence-corrected chi connectivity index (χ3v) is 5.83. The maximum atomic E-state index is 10.1. The van der Waals surface area contributed by atoms with Crippen LogP contribution in [0.3, 0.4) is 0 Å². The van der Waals surface area contributed by atoms with E-state index in [0.29, 0.717) is 17.7 Å². The molecule has 0 aliphatic rings. The van der Waals surface area contributed by atoms with Crippen LogP contribution in [0.5, 0.6) is 23.0 Å². The molecule has 0 unspecified atom stereocenters. The Morgan fingerprint density at radius 1 is 0.514 bits per heavy atom. The zero-order valence-corrected chi connectivity index (χ0v) is 19.4. The van der Waals surface area contributed by atoms with E-state index in [4.69, 9.17) is 5.11 Å². The van der Waals surface area contributed by atoms with E-state index in [1.54, 1.807) is 24.3 Å². The summed E-state index contributed by atoms with van der Waals surface area (Å²) in [4.78, 5) is 0. The van der Waals surface area contributed by atoms with Crippen LogP contribution in [0.4, 0.5) is 0 Å². The fourth-order valence-corrected chi connectivity index (χ4v) is 4.39. The molecule has 0 radical (unpaired) electrons. The molecule has 0 fully saturated rings. The average molecular weight is 469 g/mol. The van der Waals surface area contributed by atoms with Crippen molar-refractivity contribution in [3.8, 4) is 45.3 Å². The molecule has 5 N–H and O–H groups in total. The number of aromatic hydroxyl groups is 4. The maximum absolute atomic E-state index is 10.1. The van der Waals surface area contributed by atoms with Crippen LogP contribution in [0.1, 0.15) is 19.8 Å². The predicted molar refractivity (Wildman–Crippen MR) is 141 cm³/mol. The summed E-state index contributed by atoms with van der Waals surface area (Å²) in [5.41, 5.74) is 3.18. The van der Waals surface area contributed by atoms with E-state index >= 15 is 0 Å². The topological polar surface area (TPSA) is 101 Å². The fourth-order valence-electron chi connectivity index (χ4n) is 4.39. The molecule has 0 atom stereocenters. The molecular weight excluding hydrogens is 440 g/mol. The molecule has 0 aliphatic carbocycles. The molecule has 0 amide bonds. The van der Waals surface area contributed by atoms with Gasteiger partial charge in [-0.25, -0.2) is 0 Å². The highest BCUT2D eigenvalue weighted by Crippen LogP contribution is 2.45. The van der Waals surface area contributed by atoms with Crippen LogP contribution in [0, 0.1) is 0 Å². The fraction of sp³-hybridized carbons (Fsp3) is 0.133. The molecule has 5 nitrogen and oxygen atoms in total. The van der Waals surface area contributed by atoms with Crippen LogP contribution in [0.15, 0.2) is 84.9 Å². The molecule has 5 heteroatoms. The second-order valence-corrected chi connectivity index (χ2v) is 8.39. The van der Waals surface area contributed by atoms with E-state index in [0.717, 1.165) is 45.5 Å². The largest absolute Gasteiger partial charge is 0.508 e. The average Bonchev–Trinajstić information content (AvgIpc) is 2.82. The number of aliphatic hydroxyl groups is 1. The first-order valence-electron chi connectivity index (χ1n) is 11.5. The van der Waals surface area contributed by atoms with Gasteiger partial charge in [0.25, 0.3) is 0 Å². The van der Waals surface area contributed by atoms with Crippen LogP contribution in [0.25, 0.3) is 43.8 Å². The highest BCUT2D eigenvalue weighted by atomic mass is 16.3. The summed E-state index contributed by atoms with van der Waals surface area (Å²) in [5.74, 6) is -0.0550. The van der Waals surface area contributed by atoms with E-state index < -0.39 is 0 Å². The summed E-state index contributed by atoms with van der Waals surface area (Å²) in [5, 5.41) is 52.1. The third kappa shape index (κ3) is 5.00. The molecule has 0 saturated heterocycles. The Labute approximate surface area is 203 Å². The lowest BCUT2D eigenvalue weighted by Crippen LogP contribution is -1.91. The third-order valence-electron chi connectivity index (χ3n) is 5.83. The van der Waals surface area contributed by atoms with E-state index in [-0.39, 0.29) is 23.0 Å². The van der Waals surface area contributed by atoms with Gasteiger partial charge in [0.15, 0.2) is 0 Å². The molecule has 0 aliphatic heterocycles. The van der Waals surface area contributed by atoms with Gasteiger partial charge in [0.05, 0.1) is 0 Å². The van der Waals surface area contributed by atoms with E-state index in [9.17, 15) is 20.4 Å². The van der Waals surface area contributed by atoms with E-state index in [2.05, 4.69) is 6.92 Å².